The van der Waals surface area contributed by atoms with E-state index < -0.39 is 0 Å². The first-order valence-electron chi connectivity index (χ1n) is 11.7. The maximum absolute atomic E-state index is 12.9. The van der Waals surface area contributed by atoms with Crippen LogP contribution in [0.5, 0.6) is 17.2 Å². The number of phenols is 1. The van der Waals surface area contributed by atoms with Crippen molar-refractivity contribution < 1.29 is 19.0 Å². The number of nitrogens with zero attached hydrogens (tertiary/aromatic N) is 2. The van der Waals surface area contributed by atoms with E-state index in [-0.39, 0.29) is 11.2 Å². The van der Waals surface area contributed by atoms with Crippen molar-refractivity contribution in [2.24, 2.45) is 0 Å². The highest BCUT2D eigenvalue weighted by Crippen LogP contribution is 2.25. The highest BCUT2D eigenvalue weighted by atomic mass is 16.5. The molecule has 0 radical (unpaired) electrons. The standard InChI is InChI=1S/C28H28N2O5/c1-33-23-4-2-3-21(17-23)30-13-11-29(12-14-30)15-16-34-24-9-10-25-27(18-24)35-19-26(28(25)32)20-5-7-22(31)8-6-20/h2-10,17-19,31H,11-16H2,1H3. The minimum Gasteiger partial charge on any atom is -0.508 e. The summed E-state index contributed by atoms with van der Waals surface area (Å²) in [5, 5.41) is 9.98. The Hall–Kier alpha value is -3.97. The molecule has 1 aliphatic rings. The molecule has 3 aromatic carbocycles. The van der Waals surface area contributed by atoms with Crippen LogP contribution in [0, 0.1) is 0 Å². The van der Waals surface area contributed by atoms with Gasteiger partial charge >= 0.3 is 0 Å². The van der Waals surface area contributed by atoms with Gasteiger partial charge in [0.15, 0.2) is 5.43 Å². The lowest BCUT2D eigenvalue weighted by Gasteiger charge is -2.36. The van der Waals surface area contributed by atoms with Crippen LogP contribution in [-0.4, -0.2) is 56.4 Å². The molecule has 0 atom stereocenters. The number of fused-ring (bicyclic) bond motifs is 1. The van der Waals surface area contributed by atoms with Crippen LogP contribution in [0.4, 0.5) is 5.69 Å². The van der Waals surface area contributed by atoms with Gasteiger partial charge < -0.3 is 23.9 Å². The highest BCUT2D eigenvalue weighted by Gasteiger charge is 2.17. The van der Waals surface area contributed by atoms with Crippen molar-refractivity contribution >= 4 is 16.7 Å². The van der Waals surface area contributed by atoms with Gasteiger partial charge in [-0.3, -0.25) is 9.69 Å². The smallest absolute Gasteiger partial charge is 0.200 e. The van der Waals surface area contributed by atoms with Crippen molar-refractivity contribution in [2.75, 3.05) is 51.3 Å². The second-order valence-electron chi connectivity index (χ2n) is 8.56. The normalized spacial score (nSPS) is 14.3. The Morgan fingerprint density at radius 3 is 2.51 bits per heavy atom. The van der Waals surface area contributed by atoms with Crippen LogP contribution < -0.4 is 19.8 Å². The molecule has 2 heterocycles. The number of phenolic OH excluding ortho intramolecular Hbond substituents is 1. The first-order valence-corrected chi connectivity index (χ1v) is 11.7. The summed E-state index contributed by atoms with van der Waals surface area (Å²) in [6.45, 7) is 5.23. The third-order valence-corrected chi connectivity index (χ3v) is 6.39. The molecule has 1 fully saturated rings. The molecule has 0 spiro atoms. The lowest BCUT2D eigenvalue weighted by Crippen LogP contribution is -2.47. The van der Waals surface area contributed by atoms with E-state index in [9.17, 15) is 9.90 Å². The van der Waals surface area contributed by atoms with E-state index in [1.165, 1.54) is 12.0 Å². The maximum Gasteiger partial charge on any atom is 0.200 e. The van der Waals surface area contributed by atoms with Crippen LogP contribution >= 0.6 is 0 Å². The Balaban J connectivity index is 1.17. The summed E-state index contributed by atoms with van der Waals surface area (Å²) in [6, 6.07) is 20.0. The molecule has 7 nitrogen and oxygen atoms in total. The number of hydrogen-bond donors (Lipinski definition) is 1. The largest absolute Gasteiger partial charge is 0.508 e. The first kappa shape index (κ1) is 22.8. The van der Waals surface area contributed by atoms with Crippen molar-refractivity contribution in [3.63, 3.8) is 0 Å². The van der Waals surface area contributed by atoms with E-state index >= 15 is 0 Å². The third kappa shape index (κ3) is 5.10. The fourth-order valence-corrected chi connectivity index (χ4v) is 4.37. The van der Waals surface area contributed by atoms with E-state index in [0.29, 0.717) is 34.5 Å². The summed E-state index contributed by atoms with van der Waals surface area (Å²) in [6.07, 6.45) is 1.46. The molecule has 5 rings (SSSR count). The lowest BCUT2D eigenvalue weighted by molar-refractivity contribution is 0.200. The van der Waals surface area contributed by atoms with Crippen LogP contribution in [0.25, 0.3) is 22.1 Å². The number of aromatic hydroxyl groups is 1. The van der Waals surface area contributed by atoms with Crippen molar-refractivity contribution in [1.82, 2.24) is 4.90 Å². The predicted octanol–water partition coefficient (Wildman–Crippen LogP) is 4.38. The summed E-state index contributed by atoms with van der Waals surface area (Å²) in [5.74, 6) is 1.70. The van der Waals surface area contributed by atoms with Crippen LogP contribution in [0.15, 0.2) is 82.2 Å². The van der Waals surface area contributed by atoms with E-state index in [4.69, 9.17) is 13.9 Å². The van der Waals surface area contributed by atoms with Gasteiger partial charge in [0.05, 0.1) is 18.1 Å². The number of rotatable bonds is 7. The Morgan fingerprint density at radius 1 is 0.943 bits per heavy atom. The maximum atomic E-state index is 12.9. The van der Waals surface area contributed by atoms with Crippen molar-refractivity contribution in [2.45, 2.75) is 0 Å². The molecule has 1 aromatic heterocycles. The Kier molecular flexibility index (Phi) is 6.59. The molecule has 180 valence electrons. The van der Waals surface area contributed by atoms with Crippen molar-refractivity contribution in [3.8, 4) is 28.4 Å². The van der Waals surface area contributed by atoms with E-state index in [0.717, 1.165) is 38.5 Å². The minimum absolute atomic E-state index is 0.114. The van der Waals surface area contributed by atoms with E-state index in [1.807, 2.05) is 12.1 Å². The third-order valence-electron chi connectivity index (χ3n) is 6.39. The zero-order chi connectivity index (χ0) is 24.2. The monoisotopic (exact) mass is 472 g/mol. The lowest BCUT2D eigenvalue weighted by atomic mass is 10.1. The Bertz CT molecular complexity index is 1360. The molecule has 7 heteroatoms. The fraction of sp³-hybridized carbons (Fsp3) is 0.250. The highest BCUT2D eigenvalue weighted by molar-refractivity contribution is 5.82. The number of methoxy groups -OCH3 is 1. The average Bonchev–Trinajstić information content (AvgIpc) is 2.90. The van der Waals surface area contributed by atoms with Crippen LogP contribution in [0.2, 0.25) is 0 Å². The number of piperazine rings is 1. The number of hydrogen-bond acceptors (Lipinski definition) is 7. The molecule has 0 saturated carbocycles. The van der Waals surface area contributed by atoms with Crippen LogP contribution in [-0.2, 0) is 0 Å². The molecular weight excluding hydrogens is 444 g/mol. The molecule has 0 unspecified atom stereocenters. The molecule has 35 heavy (non-hydrogen) atoms. The second kappa shape index (κ2) is 10.1. The zero-order valence-electron chi connectivity index (χ0n) is 19.6. The molecule has 0 aliphatic carbocycles. The van der Waals surface area contributed by atoms with Crippen LogP contribution in [0.1, 0.15) is 0 Å². The van der Waals surface area contributed by atoms with Gasteiger partial charge in [0.25, 0.3) is 0 Å². The van der Waals surface area contributed by atoms with Gasteiger partial charge in [-0.1, -0.05) is 18.2 Å². The minimum atomic E-state index is -0.114. The van der Waals surface area contributed by atoms with Gasteiger partial charge in [-0.15, -0.1) is 0 Å². The summed E-state index contributed by atoms with van der Waals surface area (Å²) in [5.41, 5.74) is 2.72. The molecule has 1 N–H and O–H groups in total. The number of benzene rings is 3. The van der Waals surface area contributed by atoms with E-state index in [2.05, 4.69) is 21.9 Å². The zero-order valence-corrected chi connectivity index (χ0v) is 19.6. The number of anilines is 1. The van der Waals surface area contributed by atoms with E-state index in [1.54, 1.807) is 49.6 Å². The van der Waals surface area contributed by atoms with Gasteiger partial charge in [0.1, 0.15) is 35.7 Å². The number of ether oxygens (including phenoxy) is 2. The van der Waals surface area contributed by atoms with Crippen molar-refractivity contribution in [1.29, 1.82) is 0 Å². The molecule has 4 aromatic rings. The molecule has 1 aliphatic heterocycles. The summed E-state index contributed by atoms with van der Waals surface area (Å²) in [7, 11) is 1.69. The van der Waals surface area contributed by atoms with Gasteiger partial charge in [0.2, 0.25) is 0 Å². The van der Waals surface area contributed by atoms with Gasteiger partial charge in [-0.05, 0) is 42.0 Å². The average molecular weight is 473 g/mol. The topological polar surface area (TPSA) is 75.4 Å². The summed E-state index contributed by atoms with van der Waals surface area (Å²) in [4.78, 5) is 17.7. The molecular formula is C28H28N2O5. The first-order chi connectivity index (χ1) is 17.1. The van der Waals surface area contributed by atoms with Crippen LogP contribution in [0.3, 0.4) is 0 Å². The Labute approximate surface area is 203 Å². The molecule has 0 bridgehead atoms. The summed E-state index contributed by atoms with van der Waals surface area (Å²) >= 11 is 0. The predicted molar refractivity (Wildman–Crippen MR) is 137 cm³/mol. The second-order valence-corrected chi connectivity index (χ2v) is 8.56. The Morgan fingerprint density at radius 2 is 1.74 bits per heavy atom. The SMILES string of the molecule is COc1cccc(N2CCN(CCOc3ccc4c(=O)c(-c5ccc(O)cc5)coc4c3)CC2)c1. The molecule has 1 saturated heterocycles. The van der Waals surface area contributed by atoms with Gasteiger partial charge in [-0.25, -0.2) is 0 Å². The fourth-order valence-electron chi connectivity index (χ4n) is 4.37. The van der Waals surface area contributed by atoms with Gasteiger partial charge in [0, 0.05) is 50.5 Å². The summed E-state index contributed by atoms with van der Waals surface area (Å²) < 4.78 is 17.1. The van der Waals surface area contributed by atoms with Crippen molar-refractivity contribution in [3.05, 3.63) is 83.2 Å². The molecule has 0 amide bonds. The van der Waals surface area contributed by atoms with Gasteiger partial charge in [-0.2, -0.15) is 0 Å². The quantitative estimate of drug-likeness (QED) is 0.428.